The van der Waals surface area contributed by atoms with Crippen LogP contribution in [0, 0.1) is 5.92 Å². The highest BCUT2D eigenvalue weighted by Gasteiger charge is 2.30. The van der Waals surface area contributed by atoms with Crippen molar-refractivity contribution in [2.45, 2.75) is 38.8 Å². The van der Waals surface area contributed by atoms with Crippen LogP contribution in [0.15, 0.2) is 0 Å². The van der Waals surface area contributed by atoms with Crippen molar-refractivity contribution in [3.05, 3.63) is 0 Å². The molecular formula is C10H20N2O3S. The second-order valence-corrected chi connectivity index (χ2v) is 6.75. The zero-order valence-electron chi connectivity index (χ0n) is 9.77. The van der Waals surface area contributed by atoms with Crippen molar-refractivity contribution in [1.82, 2.24) is 5.32 Å². The second-order valence-electron chi connectivity index (χ2n) is 4.52. The van der Waals surface area contributed by atoms with Gasteiger partial charge in [0.25, 0.3) is 0 Å². The minimum absolute atomic E-state index is 0.0476. The van der Waals surface area contributed by atoms with Crippen molar-refractivity contribution in [3.8, 4) is 0 Å². The van der Waals surface area contributed by atoms with Gasteiger partial charge < -0.3 is 11.1 Å². The largest absolute Gasteiger partial charge is 0.351 e. The van der Waals surface area contributed by atoms with Crippen LogP contribution in [0.5, 0.6) is 0 Å². The highest BCUT2D eigenvalue weighted by atomic mass is 32.2. The van der Waals surface area contributed by atoms with Crippen LogP contribution in [0.2, 0.25) is 0 Å². The van der Waals surface area contributed by atoms with Gasteiger partial charge in [-0.25, -0.2) is 8.42 Å². The quantitative estimate of drug-likeness (QED) is 0.712. The molecule has 1 fully saturated rings. The van der Waals surface area contributed by atoms with Crippen LogP contribution in [-0.2, 0) is 14.6 Å². The number of carbonyl (C=O) groups excluding carboxylic acids is 1. The molecule has 1 rings (SSSR count). The molecule has 0 aromatic carbocycles. The molecule has 0 aromatic rings. The number of carbonyl (C=O) groups is 1. The number of hydrogen-bond acceptors (Lipinski definition) is 4. The van der Waals surface area contributed by atoms with Crippen LogP contribution >= 0.6 is 0 Å². The number of amides is 1. The Morgan fingerprint density at radius 3 is 2.62 bits per heavy atom. The molecule has 5 nitrogen and oxygen atoms in total. The standard InChI is InChI=1S/C10H20N2O3S/c1-3-7(2)9(11)10(13)12-8-4-5-16(14,15)6-8/h7-9H,3-6,11H2,1-2H3,(H,12,13)/t7-,8?,9-/m0/s1. The predicted molar refractivity (Wildman–Crippen MR) is 62.6 cm³/mol. The summed E-state index contributed by atoms with van der Waals surface area (Å²) in [7, 11) is -2.95. The van der Waals surface area contributed by atoms with E-state index in [1.165, 1.54) is 0 Å². The van der Waals surface area contributed by atoms with Gasteiger partial charge in [-0.15, -0.1) is 0 Å². The third-order valence-corrected chi connectivity index (χ3v) is 4.91. The van der Waals surface area contributed by atoms with Crippen LogP contribution < -0.4 is 11.1 Å². The van der Waals surface area contributed by atoms with Crippen molar-refractivity contribution in [3.63, 3.8) is 0 Å². The minimum Gasteiger partial charge on any atom is -0.351 e. The van der Waals surface area contributed by atoms with Crippen molar-refractivity contribution in [2.24, 2.45) is 11.7 Å². The second kappa shape index (κ2) is 5.14. The molecule has 1 saturated heterocycles. The smallest absolute Gasteiger partial charge is 0.237 e. The van der Waals surface area contributed by atoms with Gasteiger partial charge in [0.2, 0.25) is 5.91 Å². The Balaban J connectivity index is 2.47. The van der Waals surface area contributed by atoms with E-state index in [0.717, 1.165) is 6.42 Å². The number of sulfone groups is 1. The lowest BCUT2D eigenvalue weighted by Gasteiger charge is -2.20. The van der Waals surface area contributed by atoms with E-state index in [1.807, 2.05) is 13.8 Å². The zero-order valence-corrected chi connectivity index (χ0v) is 10.6. The monoisotopic (exact) mass is 248 g/mol. The SMILES string of the molecule is CC[C@H](C)[C@H](N)C(=O)NC1CCS(=O)(=O)C1. The third kappa shape index (κ3) is 3.45. The molecule has 0 saturated carbocycles. The number of nitrogens with two attached hydrogens (primary N) is 1. The molecule has 0 spiro atoms. The fourth-order valence-corrected chi connectivity index (χ4v) is 3.39. The van der Waals surface area contributed by atoms with E-state index in [9.17, 15) is 13.2 Å². The van der Waals surface area contributed by atoms with E-state index in [4.69, 9.17) is 5.73 Å². The maximum Gasteiger partial charge on any atom is 0.237 e. The Bertz CT molecular complexity index is 353. The van der Waals surface area contributed by atoms with Gasteiger partial charge in [0.05, 0.1) is 17.5 Å². The maximum atomic E-state index is 11.7. The van der Waals surface area contributed by atoms with E-state index < -0.39 is 15.9 Å². The van der Waals surface area contributed by atoms with E-state index in [0.29, 0.717) is 6.42 Å². The molecule has 6 heteroatoms. The molecule has 16 heavy (non-hydrogen) atoms. The van der Waals surface area contributed by atoms with Crippen molar-refractivity contribution in [1.29, 1.82) is 0 Å². The van der Waals surface area contributed by atoms with Crippen LogP contribution in [0.1, 0.15) is 26.7 Å². The van der Waals surface area contributed by atoms with E-state index in [2.05, 4.69) is 5.32 Å². The Labute approximate surface area is 96.7 Å². The zero-order chi connectivity index (χ0) is 12.3. The first-order chi connectivity index (χ1) is 7.35. The summed E-state index contributed by atoms with van der Waals surface area (Å²) in [6, 6.07) is -0.805. The summed E-state index contributed by atoms with van der Waals surface area (Å²) in [5, 5.41) is 2.71. The van der Waals surface area contributed by atoms with Crippen LogP contribution in [0.25, 0.3) is 0 Å². The fourth-order valence-electron chi connectivity index (χ4n) is 1.72. The Hall–Kier alpha value is -0.620. The molecule has 1 amide bonds. The molecule has 0 radical (unpaired) electrons. The first-order valence-corrected chi connectivity index (χ1v) is 7.44. The van der Waals surface area contributed by atoms with Crippen molar-refractivity contribution in [2.75, 3.05) is 11.5 Å². The summed E-state index contributed by atoms with van der Waals surface area (Å²) >= 11 is 0. The van der Waals surface area contributed by atoms with Crippen LogP contribution in [0.4, 0.5) is 0 Å². The third-order valence-electron chi connectivity index (χ3n) is 3.14. The molecule has 0 bridgehead atoms. The molecule has 1 aliphatic heterocycles. The van der Waals surface area contributed by atoms with Gasteiger partial charge in [-0.05, 0) is 12.3 Å². The molecule has 94 valence electrons. The number of rotatable bonds is 4. The lowest BCUT2D eigenvalue weighted by Crippen LogP contribution is -2.48. The summed E-state index contributed by atoms with van der Waals surface area (Å²) in [6.07, 6.45) is 1.33. The average molecular weight is 248 g/mol. The van der Waals surface area contributed by atoms with Crippen LogP contribution in [-0.4, -0.2) is 37.9 Å². The van der Waals surface area contributed by atoms with Gasteiger partial charge in [-0.3, -0.25) is 4.79 Å². The van der Waals surface area contributed by atoms with Crippen molar-refractivity contribution < 1.29 is 13.2 Å². The highest BCUT2D eigenvalue weighted by Crippen LogP contribution is 2.12. The summed E-state index contributed by atoms with van der Waals surface area (Å²) in [4.78, 5) is 11.7. The fraction of sp³-hybridized carbons (Fsp3) is 0.900. The first-order valence-electron chi connectivity index (χ1n) is 5.62. The Kier molecular flexibility index (Phi) is 4.32. The van der Waals surface area contributed by atoms with Gasteiger partial charge >= 0.3 is 0 Å². The van der Waals surface area contributed by atoms with Gasteiger partial charge in [0.1, 0.15) is 0 Å². The minimum atomic E-state index is -2.95. The number of nitrogens with one attached hydrogen (secondary N) is 1. The normalized spacial score (nSPS) is 27.3. The molecule has 3 atom stereocenters. The summed E-state index contributed by atoms with van der Waals surface area (Å²) in [5.74, 6) is 0.0807. The van der Waals surface area contributed by atoms with Gasteiger partial charge in [0.15, 0.2) is 9.84 Å². The predicted octanol–water partition coefficient (Wildman–Crippen LogP) is -0.337. The van der Waals surface area contributed by atoms with E-state index in [-0.39, 0.29) is 29.4 Å². The summed E-state index contributed by atoms with van der Waals surface area (Å²) in [6.45, 7) is 3.88. The van der Waals surface area contributed by atoms with Crippen LogP contribution in [0.3, 0.4) is 0 Å². The van der Waals surface area contributed by atoms with Gasteiger partial charge in [-0.2, -0.15) is 0 Å². The summed E-state index contributed by atoms with van der Waals surface area (Å²) in [5.41, 5.74) is 5.76. The molecule has 1 unspecified atom stereocenters. The lowest BCUT2D eigenvalue weighted by molar-refractivity contribution is -0.123. The van der Waals surface area contributed by atoms with E-state index >= 15 is 0 Å². The molecule has 1 heterocycles. The molecular weight excluding hydrogens is 228 g/mol. The number of hydrogen-bond donors (Lipinski definition) is 2. The Morgan fingerprint density at radius 2 is 2.19 bits per heavy atom. The lowest BCUT2D eigenvalue weighted by atomic mass is 9.99. The topological polar surface area (TPSA) is 89.3 Å². The first kappa shape index (κ1) is 13.4. The molecule has 0 aliphatic carbocycles. The Morgan fingerprint density at radius 1 is 1.56 bits per heavy atom. The molecule has 1 aliphatic rings. The maximum absolute atomic E-state index is 11.7. The summed E-state index contributed by atoms with van der Waals surface area (Å²) < 4.78 is 22.4. The van der Waals surface area contributed by atoms with Gasteiger partial charge in [0, 0.05) is 6.04 Å². The average Bonchev–Trinajstić information content (AvgIpc) is 2.55. The van der Waals surface area contributed by atoms with Crippen molar-refractivity contribution >= 4 is 15.7 Å². The molecule has 3 N–H and O–H groups in total. The van der Waals surface area contributed by atoms with E-state index in [1.54, 1.807) is 0 Å². The highest BCUT2D eigenvalue weighted by molar-refractivity contribution is 7.91. The molecule has 0 aromatic heterocycles. The van der Waals surface area contributed by atoms with Gasteiger partial charge in [-0.1, -0.05) is 20.3 Å².